The maximum atomic E-state index is 12.7. The summed E-state index contributed by atoms with van der Waals surface area (Å²) in [5.41, 5.74) is -0.942. The molecule has 0 aliphatic rings. The lowest BCUT2D eigenvalue weighted by Gasteiger charge is -2.11. The van der Waals surface area contributed by atoms with E-state index in [2.05, 4.69) is 0 Å². The normalized spacial score (nSPS) is 11.4. The number of hydrogen-bond acceptors (Lipinski definition) is 2. The molecule has 0 aliphatic carbocycles. The van der Waals surface area contributed by atoms with Crippen molar-refractivity contribution < 1.29 is 27.4 Å². The van der Waals surface area contributed by atoms with E-state index in [-0.39, 0.29) is 11.5 Å². The molecule has 0 heterocycles. The fraction of sp³-hybridized carbons (Fsp3) is 0.0769. The predicted octanol–water partition coefficient (Wildman–Crippen LogP) is 4.34. The van der Waals surface area contributed by atoms with Crippen LogP contribution in [0.25, 0.3) is 0 Å². The summed E-state index contributed by atoms with van der Waals surface area (Å²) in [5, 5.41) is 9.45. The molecule has 19 heavy (non-hydrogen) atoms. The quantitative estimate of drug-likeness (QED) is 0.824. The summed E-state index contributed by atoms with van der Waals surface area (Å²) in [6, 6.07) is 7.00. The molecule has 100 valence electrons. The Morgan fingerprint density at radius 3 is 2.16 bits per heavy atom. The molecular weight excluding hydrogens is 264 g/mol. The van der Waals surface area contributed by atoms with Gasteiger partial charge < -0.3 is 9.84 Å². The van der Waals surface area contributed by atoms with Crippen LogP contribution < -0.4 is 4.74 Å². The highest BCUT2D eigenvalue weighted by molar-refractivity contribution is 5.45. The Morgan fingerprint density at radius 2 is 1.58 bits per heavy atom. The van der Waals surface area contributed by atoms with E-state index in [0.717, 1.165) is 24.3 Å². The first-order valence-electron chi connectivity index (χ1n) is 5.20. The van der Waals surface area contributed by atoms with Crippen LogP contribution in [0.5, 0.6) is 17.2 Å². The van der Waals surface area contributed by atoms with Crippen molar-refractivity contribution in [3.8, 4) is 17.2 Å². The first-order valence-corrected chi connectivity index (χ1v) is 5.20. The minimum atomic E-state index is -4.53. The van der Waals surface area contributed by atoms with Crippen molar-refractivity contribution in [3.05, 3.63) is 53.8 Å². The average molecular weight is 272 g/mol. The zero-order valence-electron chi connectivity index (χ0n) is 9.41. The van der Waals surface area contributed by atoms with Gasteiger partial charge in [-0.1, -0.05) is 0 Å². The third kappa shape index (κ3) is 3.15. The monoisotopic (exact) mass is 272 g/mol. The fourth-order valence-corrected chi connectivity index (χ4v) is 1.40. The Labute approximate surface area is 105 Å². The van der Waals surface area contributed by atoms with E-state index in [1.165, 1.54) is 12.1 Å². The van der Waals surface area contributed by atoms with E-state index < -0.39 is 23.3 Å². The average Bonchev–Trinajstić information content (AvgIpc) is 2.33. The predicted molar refractivity (Wildman–Crippen MR) is 59.6 cm³/mol. The third-order valence-electron chi connectivity index (χ3n) is 2.33. The lowest BCUT2D eigenvalue weighted by molar-refractivity contribution is -0.137. The van der Waals surface area contributed by atoms with E-state index >= 15 is 0 Å². The Hall–Kier alpha value is -2.24. The van der Waals surface area contributed by atoms with Crippen molar-refractivity contribution in [1.29, 1.82) is 0 Å². The van der Waals surface area contributed by atoms with Gasteiger partial charge >= 0.3 is 6.18 Å². The van der Waals surface area contributed by atoms with E-state index in [4.69, 9.17) is 4.74 Å². The van der Waals surface area contributed by atoms with Gasteiger partial charge in [0.25, 0.3) is 0 Å². The van der Waals surface area contributed by atoms with Gasteiger partial charge in [-0.25, -0.2) is 4.39 Å². The zero-order valence-corrected chi connectivity index (χ0v) is 9.41. The van der Waals surface area contributed by atoms with Crippen LogP contribution in [0.2, 0.25) is 0 Å². The molecule has 0 bridgehead atoms. The largest absolute Gasteiger partial charge is 0.504 e. The van der Waals surface area contributed by atoms with E-state index in [9.17, 15) is 22.7 Å². The maximum absolute atomic E-state index is 12.7. The van der Waals surface area contributed by atoms with Crippen molar-refractivity contribution in [2.75, 3.05) is 0 Å². The topological polar surface area (TPSA) is 29.5 Å². The molecule has 1 N–H and O–H groups in total. The summed E-state index contributed by atoms with van der Waals surface area (Å²) in [7, 11) is 0. The smallest absolute Gasteiger partial charge is 0.416 e. The standard InChI is InChI=1S/C13H8F4O2/c14-9-2-4-10(5-3-9)19-12-7-8(13(15,16)17)1-6-11(12)18/h1-7,18H. The molecule has 6 heteroatoms. The minimum absolute atomic E-state index is 0.121. The molecule has 2 aromatic carbocycles. The summed E-state index contributed by atoms with van der Waals surface area (Å²) >= 11 is 0. The molecule has 0 unspecified atom stereocenters. The lowest BCUT2D eigenvalue weighted by Crippen LogP contribution is -2.04. The number of phenols is 1. The second-order valence-electron chi connectivity index (χ2n) is 3.74. The molecule has 0 radical (unpaired) electrons. The van der Waals surface area contributed by atoms with E-state index in [1.54, 1.807) is 0 Å². The number of phenolic OH excluding ortho intramolecular Hbond substituents is 1. The van der Waals surface area contributed by atoms with Crippen molar-refractivity contribution in [2.24, 2.45) is 0 Å². The Bertz CT molecular complexity index is 576. The first-order chi connectivity index (χ1) is 8.86. The van der Waals surface area contributed by atoms with Gasteiger partial charge in [0.2, 0.25) is 0 Å². The van der Waals surface area contributed by atoms with Gasteiger partial charge in [0.1, 0.15) is 11.6 Å². The van der Waals surface area contributed by atoms with Crippen LogP contribution in [0, 0.1) is 5.82 Å². The van der Waals surface area contributed by atoms with Gasteiger partial charge in [-0.15, -0.1) is 0 Å². The second-order valence-corrected chi connectivity index (χ2v) is 3.74. The number of benzene rings is 2. The van der Waals surface area contributed by atoms with Crippen LogP contribution in [-0.4, -0.2) is 5.11 Å². The Kier molecular flexibility index (Phi) is 3.33. The summed E-state index contributed by atoms with van der Waals surface area (Å²) in [6.07, 6.45) is -4.53. The van der Waals surface area contributed by atoms with E-state index in [0.29, 0.717) is 6.07 Å². The molecule has 2 rings (SSSR count). The molecule has 0 saturated heterocycles. The molecule has 2 aromatic rings. The van der Waals surface area contributed by atoms with Crippen molar-refractivity contribution in [2.45, 2.75) is 6.18 Å². The Balaban J connectivity index is 2.31. The molecule has 2 nitrogen and oxygen atoms in total. The summed E-state index contributed by atoms with van der Waals surface area (Å²) < 4.78 is 55.3. The molecule has 0 spiro atoms. The van der Waals surface area contributed by atoms with Gasteiger partial charge in [0.15, 0.2) is 11.5 Å². The van der Waals surface area contributed by atoms with Crippen molar-refractivity contribution >= 4 is 0 Å². The Morgan fingerprint density at radius 1 is 0.947 bits per heavy atom. The zero-order chi connectivity index (χ0) is 14.0. The maximum Gasteiger partial charge on any atom is 0.416 e. The van der Waals surface area contributed by atoms with Gasteiger partial charge in [-0.2, -0.15) is 13.2 Å². The van der Waals surface area contributed by atoms with Crippen LogP contribution in [0.4, 0.5) is 17.6 Å². The fourth-order valence-electron chi connectivity index (χ4n) is 1.40. The van der Waals surface area contributed by atoms with Crippen molar-refractivity contribution in [3.63, 3.8) is 0 Å². The van der Waals surface area contributed by atoms with Crippen LogP contribution in [0.15, 0.2) is 42.5 Å². The number of rotatable bonds is 2. The van der Waals surface area contributed by atoms with Gasteiger partial charge in [0, 0.05) is 0 Å². The molecule has 0 atom stereocenters. The number of hydrogen-bond donors (Lipinski definition) is 1. The minimum Gasteiger partial charge on any atom is -0.504 e. The number of ether oxygens (including phenoxy) is 1. The SMILES string of the molecule is Oc1ccc(C(F)(F)F)cc1Oc1ccc(F)cc1. The van der Waals surface area contributed by atoms with Gasteiger partial charge in [0.05, 0.1) is 5.56 Å². The molecule has 0 saturated carbocycles. The van der Waals surface area contributed by atoms with Crippen LogP contribution in [0.1, 0.15) is 5.56 Å². The highest BCUT2D eigenvalue weighted by Gasteiger charge is 2.31. The van der Waals surface area contributed by atoms with Crippen LogP contribution >= 0.6 is 0 Å². The van der Waals surface area contributed by atoms with Gasteiger partial charge in [-0.3, -0.25) is 0 Å². The first kappa shape index (κ1) is 13.2. The second kappa shape index (κ2) is 4.79. The summed E-state index contributed by atoms with van der Waals surface area (Å²) in [6.45, 7) is 0. The molecule has 0 amide bonds. The molecule has 0 aromatic heterocycles. The molecule has 0 aliphatic heterocycles. The summed E-state index contributed by atoms with van der Waals surface area (Å²) in [5.74, 6) is -1.16. The number of halogens is 4. The molecule has 0 fully saturated rings. The number of aromatic hydroxyl groups is 1. The van der Waals surface area contributed by atoms with Gasteiger partial charge in [-0.05, 0) is 42.5 Å². The highest BCUT2D eigenvalue weighted by atomic mass is 19.4. The van der Waals surface area contributed by atoms with E-state index in [1.807, 2.05) is 0 Å². The van der Waals surface area contributed by atoms with Crippen molar-refractivity contribution in [1.82, 2.24) is 0 Å². The van der Waals surface area contributed by atoms with Crippen LogP contribution in [-0.2, 0) is 6.18 Å². The molecular formula is C13H8F4O2. The number of alkyl halides is 3. The lowest BCUT2D eigenvalue weighted by atomic mass is 10.2. The summed E-state index contributed by atoms with van der Waals surface area (Å²) in [4.78, 5) is 0. The third-order valence-corrected chi connectivity index (χ3v) is 2.33. The highest BCUT2D eigenvalue weighted by Crippen LogP contribution is 2.37. The van der Waals surface area contributed by atoms with Crippen LogP contribution in [0.3, 0.4) is 0 Å².